The van der Waals surface area contributed by atoms with Crippen molar-refractivity contribution in [2.24, 2.45) is 0 Å². The fourth-order valence-electron chi connectivity index (χ4n) is 13.5. The van der Waals surface area contributed by atoms with Gasteiger partial charge in [-0.05, 0) is 81.3 Å². The van der Waals surface area contributed by atoms with Crippen LogP contribution in [0.2, 0.25) is 0 Å². The molecule has 19 rings (SSSR count). The van der Waals surface area contributed by atoms with Crippen LogP contribution in [0.1, 0.15) is 23.3 Å². The Morgan fingerprint density at radius 2 is 0.398 bits per heavy atom. The van der Waals surface area contributed by atoms with Crippen molar-refractivity contribution < 1.29 is 0 Å². The number of rotatable bonds is 9. The van der Waals surface area contributed by atoms with Crippen LogP contribution in [0.4, 0.5) is 0 Å². The third-order valence-corrected chi connectivity index (χ3v) is 18.1. The van der Waals surface area contributed by atoms with E-state index in [0.717, 1.165) is 119 Å². The van der Waals surface area contributed by atoms with Crippen LogP contribution >= 0.6 is 0 Å². The molecule has 12 aromatic carbocycles. The molecule has 0 bridgehead atoms. The van der Waals surface area contributed by atoms with Gasteiger partial charge in [-0.15, -0.1) is 0 Å². The molecular weight excluding hydrogens is 1260 g/mol. The Morgan fingerprint density at radius 3 is 0.738 bits per heavy atom. The molecule has 492 valence electrons. The van der Waals surface area contributed by atoms with Gasteiger partial charge in [0.1, 0.15) is 40.8 Å². The van der Waals surface area contributed by atoms with Crippen LogP contribution in [0.25, 0.3) is 151 Å². The second-order valence-corrected chi connectivity index (χ2v) is 25.0. The zero-order valence-corrected chi connectivity index (χ0v) is 57.2. The zero-order chi connectivity index (χ0) is 69.6. The van der Waals surface area contributed by atoms with Gasteiger partial charge in [0.15, 0.2) is 11.6 Å². The molecule has 12 heteroatoms. The predicted molar refractivity (Wildman–Crippen MR) is 421 cm³/mol. The molecule has 7 aromatic heterocycles. The summed E-state index contributed by atoms with van der Waals surface area (Å²) in [6, 6.07) is 117. The maximum atomic E-state index is 4.89. The van der Waals surface area contributed by atoms with Crippen LogP contribution in [0.15, 0.2) is 340 Å². The fourth-order valence-corrected chi connectivity index (χ4v) is 13.5. The first-order valence-electron chi connectivity index (χ1n) is 34.4. The Kier molecular flexibility index (Phi) is 17.8. The molecule has 0 aliphatic heterocycles. The molecular formula is C91H68N12. The number of fused-ring (bicyclic) bond motifs is 9. The van der Waals surface area contributed by atoms with E-state index >= 15 is 0 Å². The largest absolute Gasteiger partial charge is 0.294 e. The molecule has 0 spiro atoms. The summed E-state index contributed by atoms with van der Waals surface area (Å²) in [7, 11) is 0. The highest BCUT2D eigenvalue weighted by molar-refractivity contribution is 6.11. The fraction of sp³-hybridized carbons (Fsp3) is 0.0440. The second kappa shape index (κ2) is 28.6. The van der Waals surface area contributed by atoms with Crippen LogP contribution in [0.5, 0.6) is 0 Å². The first kappa shape index (κ1) is 64.0. The lowest BCUT2D eigenvalue weighted by atomic mass is 10.0. The molecule has 0 aliphatic carbocycles. The molecule has 0 aliphatic rings. The summed E-state index contributed by atoms with van der Waals surface area (Å²) in [5.41, 5.74) is 17.5. The third-order valence-electron chi connectivity index (χ3n) is 18.1. The van der Waals surface area contributed by atoms with Crippen molar-refractivity contribution in [3.05, 3.63) is 363 Å². The van der Waals surface area contributed by atoms with E-state index in [1.54, 1.807) is 0 Å². The van der Waals surface area contributed by atoms with Gasteiger partial charge in [-0.3, -0.25) is 13.7 Å². The predicted octanol–water partition coefficient (Wildman–Crippen LogP) is 21.8. The second-order valence-electron chi connectivity index (χ2n) is 25.0. The molecule has 0 fully saturated rings. The number of hydrogen-bond acceptors (Lipinski definition) is 9. The molecule has 19 aromatic rings. The molecule has 0 saturated carbocycles. The highest BCUT2D eigenvalue weighted by atomic mass is 15.1. The van der Waals surface area contributed by atoms with Gasteiger partial charge in [0.25, 0.3) is 0 Å². The third kappa shape index (κ3) is 13.3. The molecule has 0 saturated heterocycles. The molecule has 0 amide bonds. The van der Waals surface area contributed by atoms with E-state index in [1.165, 1.54) is 43.4 Å². The minimum Gasteiger partial charge on any atom is -0.294 e. The first-order valence-corrected chi connectivity index (χ1v) is 34.4. The van der Waals surface area contributed by atoms with Crippen LogP contribution in [0.3, 0.4) is 0 Å². The molecule has 103 heavy (non-hydrogen) atoms. The summed E-state index contributed by atoms with van der Waals surface area (Å²) < 4.78 is 6.72. The van der Waals surface area contributed by atoms with E-state index in [0.29, 0.717) is 11.6 Å². The summed E-state index contributed by atoms with van der Waals surface area (Å²) in [5, 5.41) is 7.37. The van der Waals surface area contributed by atoms with Crippen molar-refractivity contribution in [2.45, 2.75) is 27.7 Å². The van der Waals surface area contributed by atoms with Gasteiger partial charge < -0.3 is 0 Å². The van der Waals surface area contributed by atoms with Crippen LogP contribution in [-0.4, -0.2) is 58.6 Å². The van der Waals surface area contributed by atoms with Gasteiger partial charge in [0.2, 0.25) is 0 Å². The molecule has 7 heterocycles. The Morgan fingerprint density at radius 1 is 0.175 bits per heavy atom. The standard InChI is InChI=1S/C29H20N4.C23H17N3.C23H18N2.C16H13N3/c1-19-30-28(32-24-14-6-2-10-20(24)21-11-3-7-15-25(21)32)18-29(31-19)33-26-16-8-4-12-22(26)23-13-5-9-17-27(23)33;1-16-24-20(17-9-3-2-4-10-17)15-23(25-16)26-21-13-7-5-11-18(21)19-12-6-8-14-22(19)26;1-17-24-22(20-10-6-3-7-11-20)16-23(25-17)21-14-12-19(13-15-21)18-8-4-2-5-9-18;1-12-17-15(13-8-4-2-5-9-13)19-16(18-12)14-10-6-3-7-11-14/h2-18H,1H3;2-15H,1H3;2-16H,1H3;2-11H,1H3. The smallest absolute Gasteiger partial charge is 0.163 e. The van der Waals surface area contributed by atoms with Crippen LogP contribution < -0.4 is 0 Å². The summed E-state index contributed by atoms with van der Waals surface area (Å²) in [4.78, 5) is 41.7. The summed E-state index contributed by atoms with van der Waals surface area (Å²) in [6.45, 7) is 7.74. The highest BCUT2D eigenvalue weighted by Crippen LogP contribution is 2.37. The molecule has 0 unspecified atom stereocenters. The molecule has 0 radical (unpaired) electrons. The lowest BCUT2D eigenvalue weighted by molar-refractivity contribution is 0.940. The van der Waals surface area contributed by atoms with E-state index in [-0.39, 0.29) is 0 Å². The van der Waals surface area contributed by atoms with Crippen molar-refractivity contribution in [3.8, 4) is 85.1 Å². The van der Waals surface area contributed by atoms with E-state index in [4.69, 9.17) is 15.0 Å². The molecule has 12 nitrogen and oxygen atoms in total. The topological polar surface area (TPSA) is 131 Å². The Balaban J connectivity index is 0.000000108. The van der Waals surface area contributed by atoms with Gasteiger partial charge >= 0.3 is 0 Å². The normalized spacial score (nSPS) is 11.1. The number of para-hydroxylation sites is 6. The highest BCUT2D eigenvalue weighted by Gasteiger charge is 2.19. The van der Waals surface area contributed by atoms with E-state index in [9.17, 15) is 0 Å². The average molecular weight is 1330 g/mol. The van der Waals surface area contributed by atoms with Gasteiger partial charge in [-0.1, -0.05) is 285 Å². The first-order chi connectivity index (χ1) is 50.7. The number of aromatic nitrogens is 12. The maximum absolute atomic E-state index is 4.89. The Hall–Kier alpha value is -13.7. The van der Waals surface area contributed by atoms with Gasteiger partial charge in [-0.2, -0.15) is 0 Å². The zero-order valence-electron chi connectivity index (χ0n) is 57.2. The van der Waals surface area contributed by atoms with Crippen molar-refractivity contribution in [1.29, 1.82) is 0 Å². The van der Waals surface area contributed by atoms with E-state index in [1.807, 2.05) is 131 Å². The summed E-state index contributed by atoms with van der Waals surface area (Å²) in [6.07, 6.45) is 0. The minimum absolute atomic E-state index is 0.715. The average Bonchev–Trinajstić information content (AvgIpc) is 1.60. The monoisotopic (exact) mass is 1330 g/mol. The maximum Gasteiger partial charge on any atom is 0.163 e. The number of nitrogens with zero attached hydrogens (tertiary/aromatic N) is 12. The lowest BCUT2D eigenvalue weighted by Gasteiger charge is -2.12. The Bertz CT molecular complexity index is 5860. The van der Waals surface area contributed by atoms with E-state index in [2.05, 4.69) is 280 Å². The van der Waals surface area contributed by atoms with Crippen molar-refractivity contribution in [1.82, 2.24) is 58.6 Å². The van der Waals surface area contributed by atoms with Gasteiger partial charge in [0.05, 0.1) is 50.2 Å². The quantitative estimate of drug-likeness (QED) is 0.139. The van der Waals surface area contributed by atoms with E-state index < -0.39 is 0 Å². The summed E-state index contributed by atoms with van der Waals surface area (Å²) in [5.74, 6) is 7.09. The lowest BCUT2D eigenvalue weighted by Crippen LogP contribution is -2.06. The van der Waals surface area contributed by atoms with Crippen LogP contribution in [-0.2, 0) is 0 Å². The summed E-state index contributed by atoms with van der Waals surface area (Å²) >= 11 is 0. The Labute approximate surface area is 596 Å². The molecule has 0 atom stereocenters. The molecule has 0 N–H and O–H groups in total. The van der Waals surface area contributed by atoms with Crippen LogP contribution in [0, 0.1) is 27.7 Å². The van der Waals surface area contributed by atoms with Gasteiger partial charge in [-0.25, -0.2) is 44.9 Å². The van der Waals surface area contributed by atoms with Gasteiger partial charge in [0, 0.05) is 72.3 Å². The number of aryl methyl sites for hydroxylation is 4. The van der Waals surface area contributed by atoms with Crippen molar-refractivity contribution in [2.75, 3.05) is 0 Å². The van der Waals surface area contributed by atoms with Crippen molar-refractivity contribution >= 4 is 65.4 Å². The number of benzene rings is 12. The number of hydrogen-bond donors (Lipinski definition) is 0. The minimum atomic E-state index is 0.715. The SMILES string of the molecule is Cc1nc(-c2ccccc2)cc(-c2ccc(-c3ccccc3)cc2)n1.Cc1nc(-c2ccccc2)cc(-n2c3ccccc3c3ccccc32)n1.Cc1nc(-c2ccccc2)nc(-c2ccccc2)n1.Cc1nc(-n2c3ccccc3c3ccccc32)cc(-n2c3ccccc3c3ccccc32)n1. The van der Waals surface area contributed by atoms with Crippen molar-refractivity contribution in [3.63, 3.8) is 0 Å².